The van der Waals surface area contributed by atoms with Crippen molar-refractivity contribution in [1.29, 1.82) is 0 Å². The molecule has 0 aliphatic carbocycles. The SMILES string of the molecule is CCCCCCCCNc1cc(N)ccc1C(=O)NCC. The van der Waals surface area contributed by atoms with E-state index in [1.807, 2.05) is 13.0 Å². The Hall–Kier alpha value is -1.71. The van der Waals surface area contributed by atoms with Crippen LogP contribution < -0.4 is 16.4 Å². The largest absolute Gasteiger partial charge is 0.399 e. The third-order valence-electron chi connectivity index (χ3n) is 3.47. The Bertz CT molecular complexity index is 432. The minimum Gasteiger partial charge on any atom is -0.399 e. The number of carbonyl (C=O) groups excluding carboxylic acids is 1. The zero-order chi connectivity index (χ0) is 15.5. The molecule has 0 fully saturated rings. The molecule has 1 aromatic carbocycles. The van der Waals surface area contributed by atoms with Gasteiger partial charge in [-0.2, -0.15) is 0 Å². The fourth-order valence-corrected chi connectivity index (χ4v) is 2.29. The number of amides is 1. The standard InChI is InChI=1S/C17H29N3O/c1-3-5-6-7-8-9-12-20-16-13-14(18)10-11-15(16)17(21)19-4-2/h10-11,13,20H,3-9,12,18H2,1-2H3,(H,19,21). The van der Waals surface area contributed by atoms with Crippen molar-refractivity contribution in [3.63, 3.8) is 0 Å². The molecule has 0 radical (unpaired) electrons. The van der Waals surface area contributed by atoms with E-state index in [2.05, 4.69) is 17.6 Å². The third-order valence-corrected chi connectivity index (χ3v) is 3.47. The Morgan fingerprint density at radius 1 is 1.10 bits per heavy atom. The molecular formula is C17H29N3O. The normalized spacial score (nSPS) is 10.4. The van der Waals surface area contributed by atoms with Gasteiger partial charge >= 0.3 is 0 Å². The number of anilines is 2. The number of hydrogen-bond donors (Lipinski definition) is 3. The molecule has 21 heavy (non-hydrogen) atoms. The molecule has 4 heteroatoms. The lowest BCUT2D eigenvalue weighted by Crippen LogP contribution is -2.24. The summed E-state index contributed by atoms with van der Waals surface area (Å²) in [4.78, 5) is 12.0. The van der Waals surface area contributed by atoms with Gasteiger partial charge in [-0.3, -0.25) is 4.79 Å². The molecule has 0 saturated heterocycles. The smallest absolute Gasteiger partial charge is 0.253 e. The van der Waals surface area contributed by atoms with Gasteiger partial charge in [-0.05, 0) is 31.5 Å². The lowest BCUT2D eigenvalue weighted by molar-refractivity contribution is 0.0956. The monoisotopic (exact) mass is 291 g/mol. The van der Waals surface area contributed by atoms with Gasteiger partial charge in [0.05, 0.1) is 5.56 Å². The summed E-state index contributed by atoms with van der Waals surface area (Å²) >= 11 is 0. The minimum atomic E-state index is -0.0528. The first-order chi connectivity index (χ1) is 10.2. The summed E-state index contributed by atoms with van der Waals surface area (Å²) in [5.41, 5.74) is 7.98. The molecule has 0 unspecified atom stereocenters. The molecule has 0 atom stereocenters. The lowest BCUT2D eigenvalue weighted by atomic mass is 10.1. The third kappa shape index (κ3) is 6.52. The molecule has 118 valence electrons. The van der Waals surface area contributed by atoms with Crippen LogP contribution in [0.15, 0.2) is 18.2 Å². The van der Waals surface area contributed by atoms with Gasteiger partial charge in [0.15, 0.2) is 0 Å². The maximum atomic E-state index is 12.0. The van der Waals surface area contributed by atoms with Gasteiger partial charge in [-0.25, -0.2) is 0 Å². The van der Waals surface area contributed by atoms with E-state index in [9.17, 15) is 4.79 Å². The Labute approximate surface area is 128 Å². The van der Waals surface area contributed by atoms with E-state index in [0.717, 1.165) is 18.7 Å². The molecule has 0 aromatic heterocycles. The molecule has 0 spiro atoms. The first-order valence-electron chi connectivity index (χ1n) is 8.10. The number of rotatable bonds is 10. The molecule has 4 N–H and O–H groups in total. The Kier molecular flexibility index (Phi) is 8.32. The highest BCUT2D eigenvalue weighted by molar-refractivity contribution is 6.00. The average Bonchev–Trinajstić information content (AvgIpc) is 2.46. The van der Waals surface area contributed by atoms with Crippen LogP contribution in [0.4, 0.5) is 11.4 Å². The molecule has 0 aliphatic heterocycles. The van der Waals surface area contributed by atoms with Gasteiger partial charge < -0.3 is 16.4 Å². The number of unbranched alkanes of at least 4 members (excludes halogenated alkanes) is 5. The number of benzene rings is 1. The van der Waals surface area contributed by atoms with Crippen LogP contribution in [0, 0.1) is 0 Å². The molecule has 1 rings (SSSR count). The van der Waals surface area contributed by atoms with Crippen molar-refractivity contribution in [3.05, 3.63) is 23.8 Å². The molecule has 0 saturated carbocycles. The maximum Gasteiger partial charge on any atom is 0.253 e. The highest BCUT2D eigenvalue weighted by atomic mass is 16.1. The van der Waals surface area contributed by atoms with Crippen LogP contribution in [-0.4, -0.2) is 19.0 Å². The molecule has 0 bridgehead atoms. The second-order valence-corrected chi connectivity index (χ2v) is 5.36. The van der Waals surface area contributed by atoms with E-state index in [0.29, 0.717) is 17.8 Å². The fourth-order valence-electron chi connectivity index (χ4n) is 2.29. The first-order valence-corrected chi connectivity index (χ1v) is 8.10. The van der Waals surface area contributed by atoms with E-state index in [4.69, 9.17) is 5.73 Å². The average molecular weight is 291 g/mol. The number of nitrogens with two attached hydrogens (primary N) is 1. The summed E-state index contributed by atoms with van der Waals surface area (Å²) in [6.07, 6.45) is 7.55. The van der Waals surface area contributed by atoms with Crippen LogP contribution in [0.5, 0.6) is 0 Å². The zero-order valence-electron chi connectivity index (χ0n) is 13.4. The van der Waals surface area contributed by atoms with Crippen molar-refractivity contribution in [1.82, 2.24) is 5.32 Å². The van der Waals surface area contributed by atoms with Crippen LogP contribution in [0.1, 0.15) is 62.7 Å². The van der Waals surface area contributed by atoms with Gasteiger partial charge in [0.1, 0.15) is 0 Å². The second kappa shape index (κ2) is 10.1. The van der Waals surface area contributed by atoms with Crippen LogP contribution in [0.2, 0.25) is 0 Å². The van der Waals surface area contributed by atoms with Crippen molar-refractivity contribution in [2.75, 3.05) is 24.1 Å². The molecule has 0 heterocycles. The lowest BCUT2D eigenvalue weighted by Gasteiger charge is -2.12. The van der Waals surface area contributed by atoms with Crippen LogP contribution in [0.25, 0.3) is 0 Å². The maximum absolute atomic E-state index is 12.0. The minimum absolute atomic E-state index is 0.0528. The van der Waals surface area contributed by atoms with Crippen LogP contribution >= 0.6 is 0 Å². The molecule has 0 aliphatic rings. The van der Waals surface area contributed by atoms with Crippen LogP contribution in [0.3, 0.4) is 0 Å². The predicted molar refractivity (Wildman–Crippen MR) is 90.7 cm³/mol. The van der Waals surface area contributed by atoms with E-state index in [1.165, 1.54) is 32.1 Å². The fraction of sp³-hybridized carbons (Fsp3) is 0.588. The summed E-state index contributed by atoms with van der Waals surface area (Å²) in [5, 5.41) is 6.17. The molecule has 1 amide bonds. The van der Waals surface area contributed by atoms with Crippen molar-refractivity contribution >= 4 is 17.3 Å². The Balaban J connectivity index is 2.45. The number of hydrogen-bond acceptors (Lipinski definition) is 3. The number of carbonyl (C=O) groups is 1. The highest BCUT2D eigenvalue weighted by Gasteiger charge is 2.10. The van der Waals surface area contributed by atoms with Gasteiger partial charge in [0.2, 0.25) is 0 Å². The van der Waals surface area contributed by atoms with Crippen molar-refractivity contribution < 1.29 is 4.79 Å². The van der Waals surface area contributed by atoms with E-state index >= 15 is 0 Å². The van der Waals surface area contributed by atoms with Crippen molar-refractivity contribution in [2.45, 2.75) is 52.4 Å². The molecule has 4 nitrogen and oxygen atoms in total. The zero-order valence-corrected chi connectivity index (χ0v) is 13.4. The van der Waals surface area contributed by atoms with E-state index in [-0.39, 0.29) is 5.91 Å². The first kappa shape index (κ1) is 17.3. The topological polar surface area (TPSA) is 67.1 Å². The molecular weight excluding hydrogens is 262 g/mol. The Morgan fingerprint density at radius 2 is 1.81 bits per heavy atom. The van der Waals surface area contributed by atoms with Gasteiger partial charge in [0, 0.05) is 24.5 Å². The summed E-state index contributed by atoms with van der Waals surface area (Å²) in [6.45, 7) is 5.64. The Morgan fingerprint density at radius 3 is 2.52 bits per heavy atom. The highest BCUT2D eigenvalue weighted by Crippen LogP contribution is 2.19. The summed E-state index contributed by atoms with van der Waals surface area (Å²) < 4.78 is 0. The summed E-state index contributed by atoms with van der Waals surface area (Å²) in [6, 6.07) is 5.38. The van der Waals surface area contributed by atoms with E-state index < -0.39 is 0 Å². The van der Waals surface area contributed by atoms with Gasteiger partial charge in [-0.15, -0.1) is 0 Å². The van der Waals surface area contributed by atoms with Gasteiger partial charge in [-0.1, -0.05) is 39.0 Å². The van der Waals surface area contributed by atoms with Gasteiger partial charge in [0.25, 0.3) is 5.91 Å². The summed E-state index contributed by atoms with van der Waals surface area (Å²) in [7, 11) is 0. The number of nitrogen functional groups attached to an aromatic ring is 1. The van der Waals surface area contributed by atoms with E-state index in [1.54, 1.807) is 12.1 Å². The molecule has 1 aromatic rings. The predicted octanol–water partition coefficient (Wildman–Crippen LogP) is 3.79. The quantitative estimate of drug-likeness (QED) is 0.454. The van der Waals surface area contributed by atoms with Crippen molar-refractivity contribution in [3.8, 4) is 0 Å². The van der Waals surface area contributed by atoms with Crippen LogP contribution in [-0.2, 0) is 0 Å². The van der Waals surface area contributed by atoms with Crippen molar-refractivity contribution in [2.24, 2.45) is 0 Å². The number of nitrogens with one attached hydrogen (secondary N) is 2. The second-order valence-electron chi connectivity index (χ2n) is 5.36. The summed E-state index contributed by atoms with van der Waals surface area (Å²) in [5.74, 6) is -0.0528.